The van der Waals surface area contributed by atoms with Crippen LogP contribution in [0.3, 0.4) is 0 Å². The summed E-state index contributed by atoms with van der Waals surface area (Å²) < 4.78 is 5.74. The monoisotopic (exact) mass is 309 g/mol. The van der Waals surface area contributed by atoms with Crippen molar-refractivity contribution in [2.45, 2.75) is 20.0 Å². The molecule has 1 aromatic rings. The molecule has 1 aliphatic carbocycles. The van der Waals surface area contributed by atoms with Crippen molar-refractivity contribution in [3.63, 3.8) is 0 Å². The van der Waals surface area contributed by atoms with Crippen LogP contribution in [-0.4, -0.2) is 5.91 Å². The summed E-state index contributed by atoms with van der Waals surface area (Å²) in [5.41, 5.74) is 10.2. The van der Waals surface area contributed by atoms with E-state index >= 15 is 0 Å². The number of azide groups is 1. The maximum absolute atomic E-state index is 11.5. The summed E-state index contributed by atoms with van der Waals surface area (Å²) in [4.78, 5) is 14.0. The van der Waals surface area contributed by atoms with Crippen LogP contribution in [0.15, 0.2) is 71.6 Å². The van der Waals surface area contributed by atoms with Crippen LogP contribution in [0.2, 0.25) is 0 Å². The molecule has 0 aliphatic heterocycles. The molecule has 1 saturated carbocycles. The molecule has 23 heavy (non-hydrogen) atoms. The molecule has 1 aliphatic rings. The Morgan fingerprint density at radius 2 is 2.13 bits per heavy atom. The molecule has 5 nitrogen and oxygen atoms in total. The van der Waals surface area contributed by atoms with Crippen LogP contribution in [0.25, 0.3) is 10.4 Å². The van der Waals surface area contributed by atoms with E-state index in [4.69, 9.17) is 10.3 Å². The van der Waals surface area contributed by atoms with E-state index in [1.807, 2.05) is 55.5 Å². The van der Waals surface area contributed by atoms with Gasteiger partial charge in [0.2, 0.25) is 5.91 Å². The van der Waals surface area contributed by atoms with Gasteiger partial charge in [0.1, 0.15) is 12.4 Å². The number of rotatable bonds is 7. The van der Waals surface area contributed by atoms with Gasteiger partial charge in [-0.2, -0.15) is 0 Å². The minimum absolute atomic E-state index is 0.0662. The zero-order chi connectivity index (χ0) is 16.7. The zero-order valence-electron chi connectivity index (χ0n) is 13.1. The summed E-state index contributed by atoms with van der Waals surface area (Å²) >= 11 is 0. The van der Waals surface area contributed by atoms with Crippen molar-refractivity contribution in [3.05, 3.63) is 82.5 Å². The van der Waals surface area contributed by atoms with Crippen LogP contribution in [0.1, 0.15) is 18.9 Å². The fourth-order valence-corrected chi connectivity index (χ4v) is 2.28. The van der Waals surface area contributed by atoms with Crippen LogP contribution in [0, 0.1) is 11.8 Å². The number of ether oxygens (including phenoxy) is 1. The number of carbonyl (C=O) groups is 1. The number of nitrogens with zero attached hydrogens (tertiary/aromatic N) is 3. The highest BCUT2D eigenvalue weighted by Gasteiger charge is 2.43. The lowest BCUT2D eigenvalue weighted by Gasteiger charge is -2.07. The summed E-state index contributed by atoms with van der Waals surface area (Å²) in [5.74, 6) is 0.186. The van der Waals surface area contributed by atoms with E-state index in [0.717, 1.165) is 16.9 Å². The molecule has 0 N–H and O–H groups in total. The van der Waals surface area contributed by atoms with Crippen LogP contribution in [-0.2, 0) is 16.1 Å². The molecule has 0 spiro atoms. The number of allylic oxidation sites excluding steroid dienone is 4. The Bertz CT molecular complexity index is 685. The summed E-state index contributed by atoms with van der Waals surface area (Å²) in [7, 11) is 0. The van der Waals surface area contributed by atoms with E-state index in [2.05, 4.69) is 16.6 Å². The minimum Gasteiger partial charge on any atom is -0.489 e. The fourth-order valence-electron chi connectivity index (χ4n) is 2.28. The molecule has 1 fully saturated rings. The van der Waals surface area contributed by atoms with E-state index < -0.39 is 5.91 Å². The Morgan fingerprint density at radius 1 is 1.39 bits per heavy atom. The van der Waals surface area contributed by atoms with Gasteiger partial charge in [0.25, 0.3) is 0 Å². The second-order valence-corrected chi connectivity index (χ2v) is 5.35. The lowest BCUT2D eigenvalue weighted by Crippen LogP contribution is -1.97. The topological polar surface area (TPSA) is 75.1 Å². The predicted octanol–water partition coefficient (Wildman–Crippen LogP) is 4.69. The van der Waals surface area contributed by atoms with Crippen LogP contribution >= 0.6 is 0 Å². The van der Waals surface area contributed by atoms with Crippen LogP contribution in [0.5, 0.6) is 0 Å². The standard InChI is InChI=1S/C18H19N3O2/c1-3-15(23-12-14-7-5-4-6-8-14)10-9-13(2)16-11-17(16)18(22)20-21-19/h3-10,16-17H,2,11-12H2,1H3/b10-9-,15-3+/t16-,17+/m1/s1. The third kappa shape index (κ3) is 4.87. The third-order valence-electron chi connectivity index (χ3n) is 3.72. The molecule has 0 radical (unpaired) electrons. The van der Waals surface area contributed by atoms with Crippen molar-refractivity contribution in [3.8, 4) is 0 Å². The van der Waals surface area contributed by atoms with E-state index in [1.165, 1.54) is 0 Å². The SMILES string of the molecule is C=C(/C=C\C(=C/C)OCc1ccccc1)[C@H]1C[C@@H]1C(=O)N=[N+]=[N-]. The van der Waals surface area contributed by atoms with Crippen molar-refractivity contribution in [1.82, 2.24) is 0 Å². The van der Waals surface area contributed by atoms with Gasteiger partial charge in [-0.3, -0.25) is 4.79 Å². The maximum Gasteiger partial charge on any atom is 0.222 e. The number of amides is 1. The molecule has 118 valence electrons. The Labute approximate surface area is 135 Å². The molecule has 5 heteroatoms. The van der Waals surface area contributed by atoms with E-state index in [9.17, 15) is 4.79 Å². The smallest absolute Gasteiger partial charge is 0.222 e. The first kappa shape index (κ1) is 16.6. The van der Waals surface area contributed by atoms with Crippen LogP contribution in [0.4, 0.5) is 0 Å². The molecule has 1 amide bonds. The average Bonchev–Trinajstić information content (AvgIpc) is 3.37. The number of hydrogen-bond acceptors (Lipinski definition) is 2. The summed E-state index contributed by atoms with van der Waals surface area (Å²) in [6.45, 7) is 6.38. The zero-order valence-corrected chi connectivity index (χ0v) is 13.1. The van der Waals surface area contributed by atoms with Crippen molar-refractivity contribution in [2.24, 2.45) is 17.0 Å². The first-order valence-electron chi connectivity index (χ1n) is 7.44. The quantitative estimate of drug-likeness (QED) is 0.241. The Balaban J connectivity index is 1.85. The van der Waals surface area contributed by atoms with Crippen molar-refractivity contribution >= 4 is 5.91 Å². The van der Waals surface area contributed by atoms with E-state index in [-0.39, 0.29) is 11.8 Å². The average molecular weight is 309 g/mol. The molecule has 1 aromatic carbocycles. The molecule has 0 saturated heterocycles. The molecule has 0 bridgehead atoms. The largest absolute Gasteiger partial charge is 0.489 e. The molecule has 0 heterocycles. The van der Waals surface area contributed by atoms with E-state index in [1.54, 1.807) is 0 Å². The molecule has 0 unspecified atom stereocenters. The van der Waals surface area contributed by atoms with Crippen molar-refractivity contribution < 1.29 is 9.53 Å². The first-order chi connectivity index (χ1) is 11.2. The van der Waals surface area contributed by atoms with Gasteiger partial charge in [0.05, 0.1) is 0 Å². The predicted molar refractivity (Wildman–Crippen MR) is 89.0 cm³/mol. The van der Waals surface area contributed by atoms with Gasteiger partial charge in [-0.15, -0.1) is 0 Å². The minimum atomic E-state index is -0.404. The van der Waals surface area contributed by atoms with Gasteiger partial charge in [-0.1, -0.05) is 48.6 Å². The Morgan fingerprint density at radius 3 is 2.78 bits per heavy atom. The first-order valence-corrected chi connectivity index (χ1v) is 7.44. The highest BCUT2D eigenvalue weighted by atomic mass is 16.5. The second-order valence-electron chi connectivity index (χ2n) is 5.35. The fraction of sp³-hybridized carbons (Fsp3) is 0.278. The lowest BCUT2D eigenvalue weighted by molar-refractivity contribution is -0.119. The Hall–Kier alpha value is -2.78. The molecule has 2 atom stereocenters. The lowest BCUT2D eigenvalue weighted by atomic mass is 10.1. The van der Waals surface area contributed by atoms with Gasteiger partial charge >= 0.3 is 0 Å². The third-order valence-corrected chi connectivity index (χ3v) is 3.72. The van der Waals surface area contributed by atoms with E-state index in [0.29, 0.717) is 13.0 Å². The summed E-state index contributed by atoms with van der Waals surface area (Å²) in [5, 5.41) is 3.13. The highest BCUT2D eigenvalue weighted by molar-refractivity contribution is 5.83. The number of carbonyl (C=O) groups excluding carboxylic acids is 1. The Kier molecular flexibility index (Phi) is 5.78. The molecule has 2 rings (SSSR count). The molecular formula is C18H19N3O2. The maximum atomic E-state index is 11.5. The van der Waals surface area contributed by atoms with Gasteiger partial charge in [0.15, 0.2) is 0 Å². The van der Waals surface area contributed by atoms with Gasteiger partial charge in [-0.25, -0.2) is 0 Å². The number of hydrogen-bond donors (Lipinski definition) is 0. The molecule has 0 aromatic heterocycles. The van der Waals surface area contributed by atoms with Gasteiger partial charge in [-0.05, 0) is 47.6 Å². The van der Waals surface area contributed by atoms with Crippen molar-refractivity contribution in [2.75, 3.05) is 0 Å². The van der Waals surface area contributed by atoms with Gasteiger partial charge in [0, 0.05) is 10.8 Å². The normalized spacial score (nSPS) is 20.0. The molecular weight excluding hydrogens is 290 g/mol. The van der Waals surface area contributed by atoms with Crippen molar-refractivity contribution in [1.29, 1.82) is 0 Å². The highest BCUT2D eigenvalue weighted by Crippen LogP contribution is 2.45. The number of benzene rings is 1. The van der Waals surface area contributed by atoms with Crippen LogP contribution < -0.4 is 0 Å². The summed E-state index contributed by atoms with van der Waals surface area (Å²) in [6.07, 6.45) is 6.27. The summed E-state index contributed by atoms with van der Waals surface area (Å²) in [6, 6.07) is 9.92. The van der Waals surface area contributed by atoms with Gasteiger partial charge < -0.3 is 4.74 Å². The second kappa shape index (κ2) is 8.01.